The number of hydrogen-bond donors (Lipinski definition) is 0. The standard InChI is InChI=1S/C11H11NO4/c1-14-5-9-3-11-10(15-7-16-11)2-8(9)4-12-6-13/h2-3H,4-5,7H2,1H3. The highest BCUT2D eigenvalue weighted by atomic mass is 16.7. The van der Waals surface area contributed by atoms with Gasteiger partial charge in [-0.1, -0.05) is 0 Å². The molecule has 1 aromatic rings. The predicted octanol–water partition coefficient (Wildman–Crippen LogP) is 1.40. The van der Waals surface area contributed by atoms with Gasteiger partial charge in [-0.2, -0.15) is 0 Å². The first-order chi connectivity index (χ1) is 7.85. The minimum atomic E-state index is 0.224. The van der Waals surface area contributed by atoms with Crippen molar-refractivity contribution in [3.8, 4) is 11.5 Å². The van der Waals surface area contributed by atoms with E-state index in [-0.39, 0.29) is 13.3 Å². The largest absolute Gasteiger partial charge is 0.454 e. The second-order valence-corrected chi connectivity index (χ2v) is 3.31. The van der Waals surface area contributed by atoms with E-state index >= 15 is 0 Å². The van der Waals surface area contributed by atoms with Crippen LogP contribution in [0.25, 0.3) is 0 Å². The second-order valence-electron chi connectivity index (χ2n) is 3.31. The van der Waals surface area contributed by atoms with E-state index in [1.165, 1.54) is 6.08 Å². The summed E-state index contributed by atoms with van der Waals surface area (Å²) in [5, 5.41) is 0. The summed E-state index contributed by atoms with van der Waals surface area (Å²) in [5.41, 5.74) is 1.82. The van der Waals surface area contributed by atoms with E-state index in [2.05, 4.69) is 4.99 Å². The molecule has 0 amide bonds. The molecule has 0 N–H and O–H groups in total. The molecule has 1 aromatic carbocycles. The highest BCUT2D eigenvalue weighted by molar-refractivity contribution is 5.49. The maximum absolute atomic E-state index is 10.1. The molecular weight excluding hydrogens is 210 g/mol. The van der Waals surface area contributed by atoms with Crippen LogP contribution in [0, 0.1) is 0 Å². The Morgan fingerprint density at radius 2 is 2.06 bits per heavy atom. The monoisotopic (exact) mass is 221 g/mol. The van der Waals surface area contributed by atoms with E-state index in [1.54, 1.807) is 7.11 Å². The lowest BCUT2D eigenvalue weighted by molar-refractivity contribution is 0.173. The third kappa shape index (κ3) is 2.05. The topological polar surface area (TPSA) is 57.1 Å². The first-order valence-electron chi connectivity index (χ1n) is 4.79. The van der Waals surface area contributed by atoms with E-state index in [9.17, 15) is 4.79 Å². The molecule has 16 heavy (non-hydrogen) atoms. The molecule has 0 aromatic heterocycles. The molecule has 5 nitrogen and oxygen atoms in total. The molecule has 0 atom stereocenters. The third-order valence-corrected chi connectivity index (χ3v) is 2.31. The number of hydrogen-bond acceptors (Lipinski definition) is 5. The van der Waals surface area contributed by atoms with Crippen LogP contribution in [0.15, 0.2) is 17.1 Å². The summed E-state index contributed by atoms with van der Waals surface area (Å²) in [6.07, 6.45) is 1.52. The lowest BCUT2D eigenvalue weighted by Gasteiger charge is -2.07. The Kier molecular flexibility index (Phi) is 3.19. The SMILES string of the molecule is COCc1cc2c(cc1CN=C=O)OCO2. The second kappa shape index (κ2) is 4.79. The molecule has 5 heteroatoms. The Morgan fingerprint density at radius 3 is 2.69 bits per heavy atom. The fraction of sp³-hybridized carbons (Fsp3) is 0.364. The number of isocyanates is 1. The molecule has 0 unspecified atom stereocenters. The lowest BCUT2D eigenvalue weighted by Crippen LogP contribution is -1.95. The zero-order valence-electron chi connectivity index (χ0n) is 8.86. The highest BCUT2D eigenvalue weighted by Gasteiger charge is 2.16. The molecule has 1 aliphatic heterocycles. The molecule has 0 radical (unpaired) electrons. The first kappa shape index (κ1) is 10.7. The fourth-order valence-corrected chi connectivity index (χ4v) is 1.58. The fourth-order valence-electron chi connectivity index (χ4n) is 1.58. The molecule has 84 valence electrons. The number of carbonyl (C=O) groups excluding carboxylic acids is 1. The highest BCUT2D eigenvalue weighted by Crippen LogP contribution is 2.35. The van der Waals surface area contributed by atoms with E-state index in [0.29, 0.717) is 18.1 Å². The summed E-state index contributed by atoms with van der Waals surface area (Å²) in [4.78, 5) is 13.7. The van der Waals surface area contributed by atoms with Crippen LogP contribution >= 0.6 is 0 Å². The van der Waals surface area contributed by atoms with Gasteiger partial charge in [0.2, 0.25) is 12.9 Å². The van der Waals surface area contributed by atoms with Gasteiger partial charge >= 0.3 is 0 Å². The average molecular weight is 221 g/mol. The molecule has 0 aliphatic carbocycles. The lowest BCUT2D eigenvalue weighted by atomic mass is 10.1. The molecule has 0 fully saturated rings. The van der Waals surface area contributed by atoms with Gasteiger partial charge in [-0.05, 0) is 23.3 Å². The van der Waals surface area contributed by atoms with E-state index in [1.807, 2.05) is 12.1 Å². The van der Waals surface area contributed by atoms with Crippen LogP contribution in [0.2, 0.25) is 0 Å². The summed E-state index contributed by atoms with van der Waals surface area (Å²) in [6, 6.07) is 3.67. The van der Waals surface area contributed by atoms with E-state index < -0.39 is 0 Å². The number of ether oxygens (including phenoxy) is 3. The number of methoxy groups -OCH3 is 1. The quantitative estimate of drug-likeness (QED) is 0.569. The molecule has 2 rings (SSSR count). The Balaban J connectivity index is 2.35. The van der Waals surface area contributed by atoms with Crippen LogP contribution in [-0.4, -0.2) is 20.0 Å². The van der Waals surface area contributed by atoms with Gasteiger partial charge in [0.15, 0.2) is 11.5 Å². The minimum absolute atomic E-state index is 0.224. The van der Waals surface area contributed by atoms with E-state index in [4.69, 9.17) is 14.2 Å². The normalized spacial score (nSPS) is 12.3. The molecule has 1 aliphatic rings. The smallest absolute Gasteiger partial charge is 0.235 e. The predicted molar refractivity (Wildman–Crippen MR) is 55.1 cm³/mol. The molecule has 1 heterocycles. The minimum Gasteiger partial charge on any atom is -0.454 e. The number of rotatable bonds is 4. The summed E-state index contributed by atoms with van der Waals surface area (Å²) in [7, 11) is 1.61. The first-order valence-corrected chi connectivity index (χ1v) is 4.79. The van der Waals surface area contributed by atoms with Crippen molar-refractivity contribution in [1.29, 1.82) is 0 Å². The van der Waals surface area contributed by atoms with Crippen molar-refractivity contribution in [2.24, 2.45) is 4.99 Å². The number of benzene rings is 1. The van der Waals surface area contributed by atoms with Gasteiger partial charge in [0.05, 0.1) is 13.2 Å². The number of aliphatic imine (C=N–C) groups is 1. The van der Waals surface area contributed by atoms with Crippen LogP contribution in [0.3, 0.4) is 0 Å². The van der Waals surface area contributed by atoms with E-state index in [0.717, 1.165) is 11.1 Å². The zero-order valence-corrected chi connectivity index (χ0v) is 8.86. The third-order valence-electron chi connectivity index (χ3n) is 2.31. The Morgan fingerprint density at radius 1 is 1.38 bits per heavy atom. The van der Waals surface area contributed by atoms with Gasteiger partial charge in [-0.15, -0.1) is 0 Å². The van der Waals surface area contributed by atoms with Crippen molar-refractivity contribution >= 4 is 6.08 Å². The number of fused-ring (bicyclic) bond motifs is 1. The van der Waals surface area contributed by atoms with Crippen molar-refractivity contribution in [2.45, 2.75) is 13.2 Å². The maximum atomic E-state index is 10.1. The van der Waals surface area contributed by atoms with Crippen LogP contribution in [0.5, 0.6) is 11.5 Å². The van der Waals surface area contributed by atoms with Gasteiger partial charge in [0.25, 0.3) is 0 Å². The van der Waals surface area contributed by atoms with Gasteiger partial charge in [-0.3, -0.25) is 0 Å². The summed E-state index contributed by atoms with van der Waals surface area (Å²) in [5.74, 6) is 1.38. The molecule has 0 spiro atoms. The summed E-state index contributed by atoms with van der Waals surface area (Å²) < 4.78 is 15.6. The average Bonchev–Trinajstić information content (AvgIpc) is 2.73. The Bertz CT molecular complexity index is 438. The van der Waals surface area contributed by atoms with Crippen molar-refractivity contribution in [3.63, 3.8) is 0 Å². The van der Waals surface area contributed by atoms with Crippen LogP contribution in [0.4, 0.5) is 0 Å². The zero-order chi connectivity index (χ0) is 11.4. The molecular formula is C11H11NO4. The van der Waals surface area contributed by atoms with Crippen molar-refractivity contribution in [2.75, 3.05) is 13.9 Å². The molecule has 0 saturated carbocycles. The summed E-state index contributed by atoms with van der Waals surface area (Å²) >= 11 is 0. The van der Waals surface area contributed by atoms with Crippen LogP contribution in [-0.2, 0) is 22.7 Å². The summed E-state index contributed by atoms with van der Waals surface area (Å²) in [6.45, 7) is 0.946. The maximum Gasteiger partial charge on any atom is 0.235 e. The van der Waals surface area contributed by atoms with Crippen molar-refractivity contribution in [1.82, 2.24) is 0 Å². The van der Waals surface area contributed by atoms with Crippen LogP contribution in [0.1, 0.15) is 11.1 Å². The molecule has 0 saturated heterocycles. The van der Waals surface area contributed by atoms with Crippen LogP contribution < -0.4 is 9.47 Å². The Labute approximate surface area is 92.6 Å². The van der Waals surface area contributed by atoms with Crippen molar-refractivity contribution in [3.05, 3.63) is 23.3 Å². The van der Waals surface area contributed by atoms with Crippen molar-refractivity contribution < 1.29 is 19.0 Å². The van der Waals surface area contributed by atoms with Gasteiger partial charge in [-0.25, -0.2) is 9.79 Å². The van der Waals surface area contributed by atoms with Gasteiger partial charge in [0.1, 0.15) is 0 Å². The number of nitrogens with zero attached hydrogens (tertiary/aromatic N) is 1. The van der Waals surface area contributed by atoms with Gasteiger partial charge < -0.3 is 14.2 Å². The van der Waals surface area contributed by atoms with Gasteiger partial charge in [0, 0.05) is 7.11 Å². The molecule has 0 bridgehead atoms. The Hall–Kier alpha value is -1.84.